The second-order valence-electron chi connectivity index (χ2n) is 4.67. The van der Waals surface area contributed by atoms with Crippen molar-refractivity contribution in [2.24, 2.45) is 0 Å². The van der Waals surface area contributed by atoms with Gasteiger partial charge in [0, 0.05) is 17.3 Å². The lowest BCUT2D eigenvalue weighted by molar-refractivity contribution is 0.215. The number of hydrogen-bond acceptors (Lipinski definition) is 3. The topological polar surface area (TPSA) is 42.4 Å². The molecule has 0 aliphatic carbocycles. The van der Waals surface area contributed by atoms with E-state index in [1.165, 1.54) is 0 Å². The molecule has 1 unspecified atom stereocenters. The van der Waals surface area contributed by atoms with Crippen LogP contribution in [0.3, 0.4) is 0 Å². The van der Waals surface area contributed by atoms with Crippen molar-refractivity contribution in [3.8, 4) is 5.75 Å². The van der Waals surface area contributed by atoms with Gasteiger partial charge in [0.2, 0.25) is 0 Å². The molecule has 0 spiro atoms. The highest BCUT2D eigenvalue weighted by Gasteiger charge is 2.16. The predicted molar refractivity (Wildman–Crippen MR) is 80.5 cm³/mol. The maximum absolute atomic E-state index is 10.4. The van der Waals surface area contributed by atoms with Crippen molar-refractivity contribution in [2.75, 3.05) is 0 Å². The lowest BCUT2D eigenvalue weighted by atomic mass is 10.0. The smallest absolute Gasteiger partial charge is 0.138 e. The summed E-state index contributed by atoms with van der Waals surface area (Å²) in [7, 11) is 0. The van der Waals surface area contributed by atoms with Crippen LogP contribution < -0.4 is 4.74 Å². The Balaban J connectivity index is 2.33. The number of aliphatic hydroxyl groups is 1. The monoisotopic (exact) mass is 311 g/mol. The van der Waals surface area contributed by atoms with Crippen LogP contribution in [0.15, 0.2) is 36.7 Å². The summed E-state index contributed by atoms with van der Waals surface area (Å²) in [5.41, 5.74) is 1.15. The lowest BCUT2D eigenvalue weighted by Gasteiger charge is -2.15. The fraction of sp³-hybridized carbons (Fsp3) is 0.267. The van der Waals surface area contributed by atoms with E-state index >= 15 is 0 Å². The van der Waals surface area contributed by atoms with Crippen LogP contribution in [0.5, 0.6) is 5.75 Å². The summed E-state index contributed by atoms with van der Waals surface area (Å²) in [5, 5.41) is 11.2. The molecular formula is C15H15Cl2NO2. The number of benzene rings is 1. The minimum absolute atomic E-state index is 0.0407. The summed E-state index contributed by atoms with van der Waals surface area (Å²) >= 11 is 12.1. The van der Waals surface area contributed by atoms with Gasteiger partial charge in [-0.3, -0.25) is 4.98 Å². The van der Waals surface area contributed by atoms with Crippen LogP contribution in [0, 0.1) is 0 Å². The van der Waals surface area contributed by atoms with Gasteiger partial charge in [-0.05, 0) is 26.0 Å². The fourth-order valence-corrected chi connectivity index (χ4v) is 2.24. The third kappa shape index (κ3) is 3.42. The minimum Gasteiger partial charge on any atom is -0.489 e. The molecule has 0 bridgehead atoms. The van der Waals surface area contributed by atoms with Crippen LogP contribution in [0.2, 0.25) is 10.0 Å². The molecular weight excluding hydrogens is 297 g/mol. The summed E-state index contributed by atoms with van der Waals surface area (Å²) in [6.07, 6.45) is 2.33. The molecule has 1 atom stereocenters. The average Bonchev–Trinajstić information content (AvgIpc) is 2.41. The van der Waals surface area contributed by atoms with Crippen LogP contribution in [0.1, 0.15) is 31.1 Å². The van der Waals surface area contributed by atoms with Gasteiger partial charge in [-0.15, -0.1) is 0 Å². The third-order valence-electron chi connectivity index (χ3n) is 2.70. The van der Waals surface area contributed by atoms with Crippen molar-refractivity contribution in [3.05, 3.63) is 57.8 Å². The first-order valence-electron chi connectivity index (χ1n) is 6.22. The SMILES string of the molecule is CC(C)Oc1cncc(C(O)c2cccc(Cl)c2Cl)c1. The molecule has 0 fully saturated rings. The van der Waals surface area contributed by atoms with Crippen LogP contribution >= 0.6 is 23.2 Å². The maximum Gasteiger partial charge on any atom is 0.138 e. The minimum atomic E-state index is -0.899. The van der Waals surface area contributed by atoms with E-state index in [-0.39, 0.29) is 6.10 Å². The maximum atomic E-state index is 10.4. The molecule has 0 radical (unpaired) electrons. The molecule has 2 rings (SSSR count). The second-order valence-corrected chi connectivity index (χ2v) is 5.45. The van der Waals surface area contributed by atoms with Crippen molar-refractivity contribution in [2.45, 2.75) is 26.1 Å². The normalized spacial score (nSPS) is 12.5. The first kappa shape index (κ1) is 15.1. The van der Waals surface area contributed by atoms with Gasteiger partial charge in [-0.25, -0.2) is 0 Å². The van der Waals surface area contributed by atoms with Gasteiger partial charge in [0.05, 0.1) is 22.3 Å². The molecule has 0 amide bonds. The molecule has 1 aromatic heterocycles. The van der Waals surface area contributed by atoms with Crippen LogP contribution in [-0.4, -0.2) is 16.2 Å². The standard InChI is InChI=1S/C15H15Cl2NO2/c1-9(2)20-11-6-10(7-18-8-11)15(19)12-4-3-5-13(16)14(12)17/h3-9,15,19H,1-2H3. The summed E-state index contributed by atoms with van der Waals surface area (Å²) in [5.74, 6) is 0.606. The number of halogens is 2. The molecule has 1 N–H and O–H groups in total. The summed E-state index contributed by atoms with van der Waals surface area (Å²) in [4.78, 5) is 4.08. The molecule has 0 saturated heterocycles. The van der Waals surface area contributed by atoms with Crippen molar-refractivity contribution in [3.63, 3.8) is 0 Å². The zero-order chi connectivity index (χ0) is 14.7. The Kier molecular flexibility index (Phi) is 4.86. The van der Waals surface area contributed by atoms with E-state index in [9.17, 15) is 5.11 Å². The van der Waals surface area contributed by atoms with E-state index < -0.39 is 6.10 Å². The zero-order valence-corrected chi connectivity index (χ0v) is 12.7. The van der Waals surface area contributed by atoms with Crippen LogP contribution in [-0.2, 0) is 0 Å². The van der Waals surface area contributed by atoms with Gasteiger partial charge < -0.3 is 9.84 Å². The highest BCUT2D eigenvalue weighted by molar-refractivity contribution is 6.42. The number of aromatic nitrogens is 1. The van der Waals surface area contributed by atoms with Crippen LogP contribution in [0.25, 0.3) is 0 Å². The van der Waals surface area contributed by atoms with Gasteiger partial charge >= 0.3 is 0 Å². The molecule has 5 heteroatoms. The van der Waals surface area contributed by atoms with Crippen molar-refractivity contribution >= 4 is 23.2 Å². The van der Waals surface area contributed by atoms with E-state index in [0.717, 1.165) is 0 Å². The number of pyridine rings is 1. The molecule has 0 saturated carbocycles. The zero-order valence-electron chi connectivity index (χ0n) is 11.2. The molecule has 1 aromatic carbocycles. The molecule has 106 valence electrons. The average molecular weight is 312 g/mol. The first-order chi connectivity index (χ1) is 9.49. The molecule has 3 nitrogen and oxygen atoms in total. The van der Waals surface area contributed by atoms with Crippen molar-refractivity contribution in [1.29, 1.82) is 0 Å². The van der Waals surface area contributed by atoms with Crippen molar-refractivity contribution in [1.82, 2.24) is 4.98 Å². The predicted octanol–water partition coefficient (Wildman–Crippen LogP) is 4.26. The first-order valence-corrected chi connectivity index (χ1v) is 6.98. The fourth-order valence-electron chi connectivity index (χ4n) is 1.83. The number of aliphatic hydroxyl groups excluding tert-OH is 1. The van der Waals surface area contributed by atoms with E-state index in [0.29, 0.717) is 26.9 Å². The van der Waals surface area contributed by atoms with Gasteiger partial charge in [0.15, 0.2) is 0 Å². The van der Waals surface area contributed by atoms with E-state index in [4.69, 9.17) is 27.9 Å². The van der Waals surface area contributed by atoms with Gasteiger partial charge in [-0.2, -0.15) is 0 Å². The molecule has 0 aliphatic rings. The molecule has 0 aliphatic heterocycles. The molecule has 20 heavy (non-hydrogen) atoms. The van der Waals surface area contributed by atoms with Gasteiger partial charge in [0.25, 0.3) is 0 Å². The number of ether oxygens (including phenoxy) is 1. The van der Waals surface area contributed by atoms with Crippen molar-refractivity contribution < 1.29 is 9.84 Å². The Morgan fingerprint density at radius 1 is 1.20 bits per heavy atom. The van der Waals surface area contributed by atoms with Crippen LogP contribution in [0.4, 0.5) is 0 Å². The Morgan fingerprint density at radius 2 is 1.95 bits per heavy atom. The Morgan fingerprint density at radius 3 is 2.65 bits per heavy atom. The molecule has 1 heterocycles. The number of rotatable bonds is 4. The van der Waals surface area contributed by atoms with Gasteiger partial charge in [-0.1, -0.05) is 35.3 Å². The van der Waals surface area contributed by atoms with Gasteiger partial charge in [0.1, 0.15) is 11.9 Å². The Bertz CT molecular complexity index is 602. The summed E-state index contributed by atoms with van der Waals surface area (Å²) < 4.78 is 5.56. The number of nitrogens with zero attached hydrogens (tertiary/aromatic N) is 1. The lowest BCUT2D eigenvalue weighted by Crippen LogP contribution is -2.07. The largest absolute Gasteiger partial charge is 0.489 e. The quantitative estimate of drug-likeness (QED) is 0.917. The summed E-state index contributed by atoms with van der Waals surface area (Å²) in [6, 6.07) is 6.90. The van der Waals surface area contributed by atoms with E-state index in [1.807, 2.05) is 13.8 Å². The summed E-state index contributed by atoms with van der Waals surface area (Å²) in [6.45, 7) is 3.86. The highest BCUT2D eigenvalue weighted by atomic mass is 35.5. The second kappa shape index (κ2) is 6.44. The Hall–Kier alpha value is -1.29. The number of hydrogen-bond donors (Lipinski definition) is 1. The van der Waals surface area contributed by atoms with E-state index in [2.05, 4.69) is 4.98 Å². The molecule has 2 aromatic rings. The highest BCUT2D eigenvalue weighted by Crippen LogP contribution is 2.33. The third-order valence-corrected chi connectivity index (χ3v) is 3.53. The Labute approximate surface area is 128 Å². The van der Waals surface area contributed by atoms with E-state index in [1.54, 1.807) is 36.7 Å².